The molecule has 0 radical (unpaired) electrons. The molecular formula is C16H22N2O6. The summed E-state index contributed by atoms with van der Waals surface area (Å²) in [5.74, 6) is 0.173. The molecule has 132 valence electrons. The van der Waals surface area contributed by atoms with Gasteiger partial charge < -0.3 is 19.5 Å². The van der Waals surface area contributed by atoms with Crippen LogP contribution >= 0.6 is 0 Å². The minimum Gasteiger partial charge on any atom is -0.449 e. The van der Waals surface area contributed by atoms with Gasteiger partial charge in [0, 0.05) is 30.8 Å². The van der Waals surface area contributed by atoms with Crippen molar-refractivity contribution in [3.05, 3.63) is 33.4 Å². The lowest BCUT2D eigenvalue weighted by molar-refractivity contribution is -0.385. The summed E-state index contributed by atoms with van der Waals surface area (Å²) in [5, 5.41) is 20.2. The third-order valence-corrected chi connectivity index (χ3v) is 4.44. The van der Waals surface area contributed by atoms with Gasteiger partial charge in [0.2, 0.25) is 0 Å². The lowest BCUT2D eigenvalue weighted by Crippen LogP contribution is -2.35. The first-order valence-corrected chi connectivity index (χ1v) is 7.84. The second-order valence-corrected chi connectivity index (χ2v) is 5.86. The summed E-state index contributed by atoms with van der Waals surface area (Å²) in [4.78, 5) is 24.0. The van der Waals surface area contributed by atoms with Gasteiger partial charge in [-0.25, -0.2) is 4.79 Å². The number of nitro benzene ring substituents is 1. The zero-order valence-corrected chi connectivity index (χ0v) is 13.9. The van der Waals surface area contributed by atoms with Crippen molar-refractivity contribution >= 4 is 11.8 Å². The van der Waals surface area contributed by atoms with Crippen LogP contribution in [-0.4, -0.2) is 54.4 Å². The van der Waals surface area contributed by atoms with E-state index in [2.05, 4.69) is 4.90 Å². The summed E-state index contributed by atoms with van der Waals surface area (Å²) in [7, 11) is 1.66. The summed E-state index contributed by atoms with van der Waals surface area (Å²) in [6.07, 6.45) is 0.136. The van der Waals surface area contributed by atoms with E-state index in [4.69, 9.17) is 14.6 Å². The average Bonchev–Trinajstić information content (AvgIpc) is 2.54. The van der Waals surface area contributed by atoms with Gasteiger partial charge in [0.05, 0.1) is 11.5 Å². The van der Waals surface area contributed by atoms with Crippen LogP contribution in [0.5, 0.6) is 5.75 Å². The van der Waals surface area contributed by atoms with Crippen LogP contribution in [0.1, 0.15) is 29.9 Å². The van der Waals surface area contributed by atoms with Crippen LogP contribution < -0.4 is 4.74 Å². The molecule has 1 aliphatic heterocycles. The molecule has 8 nitrogen and oxygen atoms in total. The number of carboxylic acid groups (broad SMARTS) is 1. The van der Waals surface area contributed by atoms with Crippen molar-refractivity contribution in [2.45, 2.75) is 25.7 Å². The second-order valence-electron chi connectivity index (χ2n) is 5.86. The maximum atomic E-state index is 11.4. The van der Waals surface area contributed by atoms with E-state index in [1.54, 1.807) is 14.0 Å². The molecule has 0 atom stereocenters. The number of nitro groups is 1. The van der Waals surface area contributed by atoms with Gasteiger partial charge in [0.15, 0.2) is 0 Å². The zero-order chi connectivity index (χ0) is 17.7. The number of nitrogens with zero attached hydrogens (tertiary/aromatic N) is 2. The van der Waals surface area contributed by atoms with Gasteiger partial charge in [0.25, 0.3) is 5.69 Å². The fourth-order valence-corrected chi connectivity index (χ4v) is 3.24. The first-order chi connectivity index (χ1) is 11.4. The number of hydrogen-bond acceptors (Lipinski definition) is 6. The van der Waals surface area contributed by atoms with Crippen molar-refractivity contribution in [2.24, 2.45) is 0 Å². The summed E-state index contributed by atoms with van der Waals surface area (Å²) < 4.78 is 9.83. The lowest BCUT2D eigenvalue weighted by Gasteiger charge is -2.32. The Balaban J connectivity index is 2.24. The fourth-order valence-electron chi connectivity index (χ4n) is 3.24. The quantitative estimate of drug-likeness (QED) is 0.368. The molecule has 0 spiro atoms. The normalized spacial score (nSPS) is 16.1. The maximum Gasteiger partial charge on any atom is 0.511 e. The Morgan fingerprint density at radius 1 is 1.42 bits per heavy atom. The van der Waals surface area contributed by atoms with Gasteiger partial charge in [0.1, 0.15) is 5.75 Å². The Bertz CT molecular complexity index is 611. The molecule has 0 amide bonds. The molecule has 1 aromatic carbocycles. The van der Waals surface area contributed by atoms with Crippen molar-refractivity contribution in [1.82, 2.24) is 4.90 Å². The van der Waals surface area contributed by atoms with E-state index >= 15 is 0 Å². The highest BCUT2D eigenvalue weighted by molar-refractivity contribution is 5.64. The number of carbonyl (C=O) groups is 1. The third-order valence-electron chi connectivity index (χ3n) is 4.44. The molecule has 8 heteroatoms. The van der Waals surface area contributed by atoms with Gasteiger partial charge in [-0.2, -0.15) is 0 Å². The number of methoxy groups -OCH3 is 1. The number of hydrogen-bond donors (Lipinski definition) is 1. The summed E-state index contributed by atoms with van der Waals surface area (Å²) in [6.45, 7) is 4.83. The molecule has 0 aliphatic carbocycles. The predicted molar refractivity (Wildman–Crippen MR) is 86.8 cm³/mol. The second kappa shape index (κ2) is 8.07. The minimum absolute atomic E-state index is 0.0153. The van der Waals surface area contributed by atoms with Crippen molar-refractivity contribution in [1.29, 1.82) is 0 Å². The summed E-state index contributed by atoms with van der Waals surface area (Å²) in [5.41, 5.74) is 1.15. The summed E-state index contributed by atoms with van der Waals surface area (Å²) >= 11 is 0. The first kappa shape index (κ1) is 18.2. The van der Waals surface area contributed by atoms with Crippen molar-refractivity contribution in [2.75, 3.05) is 33.4 Å². The summed E-state index contributed by atoms with van der Waals surface area (Å²) in [6, 6.07) is 2.68. The van der Waals surface area contributed by atoms with Crippen LogP contribution in [0.2, 0.25) is 0 Å². The van der Waals surface area contributed by atoms with E-state index in [0.717, 1.165) is 32.5 Å². The van der Waals surface area contributed by atoms with Crippen LogP contribution in [0.15, 0.2) is 12.1 Å². The van der Waals surface area contributed by atoms with Crippen LogP contribution in [0.25, 0.3) is 0 Å². The Hall–Kier alpha value is -2.19. The molecule has 0 aromatic heterocycles. The Labute approximate surface area is 140 Å². The molecule has 1 aromatic rings. The van der Waals surface area contributed by atoms with E-state index < -0.39 is 11.1 Å². The number of rotatable bonds is 6. The van der Waals surface area contributed by atoms with Gasteiger partial charge in [-0.15, -0.1) is 0 Å². The largest absolute Gasteiger partial charge is 0.511 e. The highest BCUT2D eigenvalue weighted by Crippen LogP contribution is 2.39. The molecule has 0 bridgehead atoms. The highest BCUT2D eigenvalue weighted by Gasteiger charge is 2.29. The molecule has 1 heterocycles. The highest BCUT2D eigenvalue weighted by atomic mass is 16.7. The van der Waals surface area contributed by atoms with Gasteiger partial charge in [-0.05, 0) is 44.8 Å². The van der Waals surface area contributed by atoms with Gasteiger partial charge >= 0.3 is 6.16 Å². The Kier molecular flexibility index (Phi) is 6.10. The molecular weight excluding hydrogens is 316 g/mol. The van der Waals surface area contributed by atoms with Crippen LogP contribution in [0, 0.1) is 17.0 Å². The van der Waals surface area contributed by atoms with Crippen molar-refractivity contribution in [3.63, 3.8) is 0 Å². The number of likely N-dealkylation sites (tertiary alicyclic amines) is 1. The standard InChI is InChI=1S/C16H22N2O6/c1-11-14(24-16(19)20)4-3-13(18(21)22)15(11)12-5-7-17(8-6-12)9-10-23-2/h3-4,12H,5-10H2,1-2H3,(H,19,20). The molecule has 0 saturated carbocycles. The fraction of sp³-hybridized carbons (Fsp3) is 0.562. The maximum absolute atomic E-state index is 11.4. The first-order valence-electron chi connectivity index (χ1n) is 7.84. The van der Waals surface area contributed by atoms with E-state index in [1.165, 1.54) is 12.1 Å². The molecule has 1 N–H and O–H groups in total. The Morgan fingerprint density at radius 3 is 2.62 bits per heavy atom. The van der Waals surface area contributed by atoms with Crippen LogP contribution in [-0.2, 0) is 4.74 Å². The smallest absolute Gasteiger partial charge is 0.449 e. The Morgan fingerprint density at radius 2 is 2.08 bits per heavy atom. The third kappa shape index (κ3) is 4.21. The zero-order valence-electron chi connectivity index (χ0n) is 13.9. The van der Waals surface area contributed by atoms with Crippen LogP contribution in [0.3, 0.4) is 0 Å². The number of ether oxygens (including phenoxy) is 2. The van der Waals surface area contributed by atoms with Gasteiger partial charge in [-0.3, -0.25) is 10.1 Å². The van der Waals surface area contributed by atoms with E-state index in [1.807, 2.05) is 0 Å². The van der Waals surface area contributed by atoms with Crippen molar-refractivity contribution < 1.29 is 24.3 Å². The molecule has 2 rings (SSSR count). The SMILES string of the molecule is COCCN1CCC(c2c([N+](=O)[O-])ccc(OC(=O)O)c2C)CC1. The van der Waals surface area contributed by atoms with Gasteiger partial charge in [-0.1, -0.05) is 0 Å². The molecule has 1 saturated heterocycles. The number of benzene rings is 1. The molecule has 24 heavy (non-hydrogen) atoms. The van der Waals surface area contributed by atoms with E-state index in [0.29, 0.717) is 17.7 Å². The average molecular weight is 338 g/mol. The minimum atomic E-state index is -1.42. The van der Waals surface area contributed by atoms with Crippen molar-refractivity contribution in [3.8, 4) is 5.75 Å². The molecule has 1 fully saturated rings. The topological polar surface area (TPSA) is 102 Å². The number of piperidine rings is 1. The monoisotopic (exact) mass is 338 g/mol. The predicted octanol–water partition coefficient (Wildman–Crippen LogP) is 2.79. The molecule has 1 aliphatic rings. The van der Waals surface area contributed by atoms with E-state index in [-0.39, 0.29) is 17.4 Å². The molecule has 0 unspecified atom stereocenters. The lowest BCUT2D eigenvalue weighted by atomic mass is 9.85. The van der Waals surface area contributed by atoms with Crippen LogP contribution in [0.4, 0.5) is 10.5 Å². The van der Waals surface area contributed by atoms with E-state index in [9.17, 15) is 14.9 Å².